The molecule has 16 heavy (non-hydrogen) atoms. The SMILES string of the molecule is Cc1cc(C)cc(NC(=O)CNC2CC2)c1. The molecule has 1 aromatic rings. The zero-order valence-electron chi connectivity index (χ0n) is 9.84. The van der Waals surface area contributed by atoms with Crippen LogP contribution >= 0.6 is 0 Å². The molecule has 0 radical (unpaired) electrons. The van der Waals surface area contributed by atoms with Crippen LogP contribution in [0, 0.1) is 13.8 Å². The number of rotatable bonds is 4. The highest BCUT2D eigenvalue weighted by atomic mass is 16.1. The van der Waals surface area contributed by atoms with E-state index in [2.05, 4.69) is 16.7 Å². The zero-order valence-corrected chi connectivity index (χ0v) is 9.84. The van der Waals surface area contributed by atoms with Gasteiger partial charge in [-0.05, 0) is 49.9 Å². The highest BCUT2D eigenvalue weighted by Crippen LogP contribution is 2.18. The Morgan fingerprint density at radius 3 is 2.44 bits per heavy atom. The molecule has 0 bridgehead atoms. The summed E-state index contributed by atoms with van der Waals surface area (Å²) in [4.78, 5) is 11.6. The molecule has 3 nitrogen and oxygen atoms in total. The van der Waals surface area contributed by atoms with Crippen LogP contribution < -0.4 is 10.6 Å². The van der Waals surface area contributed by atoms with Crippen molar-refractivity contribution in [3.8, 4) is 0 Å². The summed E-state index contributed by atoms with van der Waals surface area (Å²) in [7, 11) is 0. The molecule has 1 aliphatic carbocycles. The molecule has 0 unspecified atom stereocenters. The second-order valence-electron chi connectivity index (χ2n) is 4.58. The van der Waals surface area contributed by atoms with Gasteiger partial charge in [0.25, 0.3) is 0 Å². The van der Waals surface area contributed by atoms with Crippen molar-refractivity contribution in [2.45, 2.75) is 32.7 Å². The molecule has 3 heteroatoms. The number of carbonyl (C=O) groups excluding carboxylic acids is 1. The summed E-state index contributed by atoms with van der Waals surface area (Å²) in [5, 5.41) is 6.10. The van der Waals surface area contributed by atoms with Gasteiger partial charge in [0.15, 0.2) is 0 Å². The van der Waals surface area contributed by atoms with E-state index < -0.39 is 0 Å². The Kier molecular flexibility index (Phi) is 3.25. The fraction of sp³-hybridized carbons (Fsp3) is 0.462. The van der Waals surface area contributed by atoms with Crippen molar-refractivity contribution in [2.75, 3.05) is 11.9 Å². The number of hydrogen-bond acceptors (Lipinski definition) is 2. The summed E-state index contributed by atoms with van der Waals surface area (Å²) >= 11 is 0. The molecule has 1 saturated carbocycles. The predicted molar refractivity (Wildman–Crippen MR) is 65.6 cm³/mol. The van der Waals surface area contributed by atoms with Crippen molar-refractivity contribution in [3.05, 3.63) is 29.3 Å². The number of aryl methyl sites for hydroxylation is 2. The van der Waals surface area contributed by atoms with Crippen LogP contribution in [0.15, 0.2) is 18.2 Å². The topological polar surface area (TPSA) is 41.1 Å². The summed E-state index contributed by atoms with van der Waals surface area (Å²) in [6, 6.07) is 6.65. The molecule has 2 rings (SSSR count). The lowest BCUT2D eigenvalue weighted by atomic mass is 10.1. The highest BCUT2D eigenvalue weighted by molar-refractivity contribution is 5.92. The Morgan fingerprint density at radius 2 is 1.88 bits per heavy atom. The van der Waals surface area contributed by atoms with E-state index in [0.717, 1.165) is 5.69 Å². The second-order valence-corrected chi connectivity index (χ2v) is 4.58. The maximum Gasteiger partial charge on any atom is 0.238 e. The Bertz CT molecular complexity index is 377. The van der Waals surface area contributed by atoms with E-state index in [4.69, 9.17) is 0 Å². The first-order chi connectivity index (χ1) is 7.63. The highest BCUT2D eigenvalue weighted by Gasteiger charge is 2.21. The van der Waals surface area contributed by atoms with Crippen LogP contribution in [-0.4, -0.2) is 18.5 Å². The lowest BCUT2D eigenvalue weighted by molar-refractivity contribution is -0.115. The van der Waals surface area contributed by atoms with Crippen molar-refractivity contribution in [2.24, 2.45) is 0 Å². The molecule has 0 atom stereocenters. The minimum absolute atomic E-state index is 0.0388. The standard InChI is InChI=1S/C13H18N2O/c1-9-5-10(2)7-12(6-9)15-13(16)8-14-11-3-4-11/h5-7,11,14H,3-4,8H2,1-2H3,(H,15,16). The van der Waals surface area contributed by atoms with Gasteiger partial charge >= 0.3 is 0 Å². The average Bonchev–Trinajstić information content (AvgIpc) is 2.96. The molecule has 0 aliphatic heterocycles. The summed E-state index contributed by atoms with van der Waals surface area (Å²) in [6.07, 6.45) is 2.41. The molecule has 0 heterocycles. The summed E-state index contributed by atoms with van der Waals surface area (Å²) in [6.45, 7) is 4.48. The van der Waals surface area contributed by atoms with E-state index >= 15 is 0 Å². The minimum Gasteiger partial charge on any atom is -0.325 e. The number of benzene rings is 1. The first-order valence-electron chi connectivity index (χ1n) is 5.75. The summed E-state index contributed by atoms with van der Waals surface area (Å²) in [5.41, 5.74) is 3.23. The van der Waals surface area contributed by atoms with Gasteiger partial charge in [-0.2, -0.15) is 0 Å². The molecule has 0 spiro atoms. The van der Waals surface area contributed by atoms with Gasteiger partial charge in [0, 0.05) is 11.7 Å². The van der Waals surface area contributed by atoms with Crippen molar-refractivity contribution in [1.82, 2.24) is 5.32 Å². The van der Waals surface area contributed by atoms with Crippen LogP contribution in [0.3, 0.4) is 0 Å². The zero-order chi connectivity index (χ0) is 11.5. The summed E-state index contributed by atoms with van der Waals surface area (Å²) in [5.74, 6) is 0.0388. The first-order valence-corrected chi connectivity index (χ1v) is 5.75. The lowest BCUT2D eigenvalue weighted by Crippen LogP contribution is -2.29. The molecule has 1 amide bonds. The molecule has 1 aliphatic rings. The monoisotopic (exact) mass is 218 g/mol. The molecule has 0 aromatic heterocycles. The van der Waals surface area contributed by atoms with Gasteiger partial charge in [-0.1, -0.05) is 6.07 Å². The quantitative estimate of drug-likeness (QED) is 0.811. The van der Waals surface area contributed by atoms with Crippen molar-refractivity contribution in [3.63, 3.8) is 0 Å². The van der Waals surface area contributed by atoms with Gasteiger partial charge in [-0.15, -0.1) is 0 Å². The van der Waals surface area contributed by atoms with Crippen molar-refractivity contribution in [1.29, 1.82) is 0 Å². The maximum absolute atomic E-state index is 11.6. The van der Waals surface area contributed by atoms with Crippen LogP contribution in [0.1, 0.15) is 24.0 Å². The smallest absolute Gasteiger partial charge is 0.238 e. The molecule has 1 aromatic carbocycles. The Hall–Kier alpha value is -1.35. The number of hydrogen-bond donors (Lipinski definition) is 2. The molecule has 86 valence electrons. The Labute approximate surface area is 96.2 Å². The van der Waals surface area contributed by atoms with E-state index in [1.165, 1.54) is 24.0 Å². The van der Waals surface area contributed by atoms with E-state index in [-0.39, 0.29) is 5.91 Å². The normalized spacial score (nSPS) is 14.9. The molecular formula is C13H18N2O. The van der Waals surface area contributed by atoms with Crippen LogP contribution in [-0.2, 0) is 4.79 Å². The van der Waals surface area contributed by atoms with E-state index in [9.17, 15) is 4.79 Å². The molecular weight excluding hydrogens is 200 g/mol. The third-order valence-electron chi connectivity index (χ3n) is 2.63. The van der Waals surface area contributed by atoms with E-state index in [1.54, 1.807) is 0 Å². The molecule has 2 N–H and O–H groups in total. The predicted octanol–water partition coefficient (Wildman–Crippen LogP) is 1.99. The van der Waals surface area contributed by atoms with E-state index in [1.807, 2.05) is 26.0 Å². The third kappa shape index (κ3) is 3.35. The average molecular weight is 218 g/mol. The van der Waals surface area contributed by atoms with Crippen molar-refractivity contribution < 1.29 is 4.79 Å². The largest absolute Gasteiger partial charge is 0.325 e. The van der Waals surface area contributed by atoms with Gasteiger partial charge in [0.2, 0.25) is 5.91 Å². The molecule has 0 saturated heterocycles. The first kappa shape index (κ1) is 11.1. The van der Waals surface area contributed by atoms with Gasteiger partial charge < -0.3 is 10.6 Å². The number of nitrogens with one attached hydrogen (secondary N) is 2. The van der Waals surface area contributed by atoms with Crippen LogP contribution in [0.2, 0.25) is 0 Å². The van der Waals surface area contributed by atoms with Gasteiger partial charge in [0.05, 0.1) is 6.54 Å². The van der Waals surface area contributed by atoms with Gasteiger partial charge in [-0.25, -0.2) is 0 Å². The fourth-order valence-corrected chi connectivity index (χ4v) is 1.78. The molecule has 1 fully saturated rings. The number of amides is 1. The van der Waals surface area contributed by atoms with Crippen LogP contribution in [0.4, 0.5) is 5.69 Å². The van der Waals surface area contributed by atoms with Gasteiger partial charge in [-0.3, -0.25) is 4.79 Å². The number of carbonyl (C=O) groups is 1. The Balaban J connectivity index is 1.88. The second kappa shape index (κ2) is 4.66. The lowest BCUT2D eigenvalue weighted by Gasteiger charge is -2.08. The fourth-order valence-electron chi connectivity index (χ4n) is 1.78. The van der Waals surface area contributed by atoms with E-state index in [0.29, 0.717) is 12.6 Å². The maximum atomic E-state index is 11.6. The van der Waals surface area contributed by atoms with Crippen LogP contribution in [0.25, 0.3) is 0 Å². The summed E-state index contributed by atoms with van der Waals surface area (Å²) < 4.78 is 0. The third-order valence-corrected chi connectivity index (χ3v) is 2.63. The van der Waals surface area contributed by atoms with Crippen molar-refractivity contribution >= 4 is 11.6 Å². The number of anilines is 1. The Morgan fingerprint density at radius 1 is 1.25 bits per heavy atom. The van der Waals surface area contributed by atoms with Gasteiger partial charge in [0.1, 0.15) is 0 Å². The van der Waals surface area contributed by atoms with Crippen LogP contribution in [0.5, 0.6) is 0 Å². The minimum atomic E-state index is 0.0388.